The minimum absolute atomic E-state index is 0.0295. The molecular formula is C20H22N4O5S. The van der Waals surface area contributed by atoms with Gasteiger partial charge in [-0.1, -0.05) is 19.8 Å². The van der Waals surface area contributed by atoms with E-state index in [1.807, 2.05) is 6.07 Å². The third kappa shape index (κ3) is 3.76. The van der Waals surface area contributed by atoms with E-state index in [0.29, 0.717) is 18.5 Å². The Kier molecular flexibility index (Phi) is 5.59. The Balaban J connectivity index is 1.91. The van der Waals surface area contributed by atoms with Crippen molar-refractivity contribution in [3.05, 3.63) is 41.7 Å². The van der Waals surface area contributed by atoms with Crippen LogP contribution in [-0.4, -0.2) is 32.0 Å². The monoisotopic (exact) mass is 430 g/mol. The molecule has 3 rings (SSSR count). The number of methoxy groups -OCH3 is 1. The summed E-state index contributed by atoms with van der Waals surface area (Å²) in [6.45, 7) is 1.77. The summed E-state index contributed by atoms with van der Waals surface area (Å²) in [6.07, 6.45) is 4.46. The molecule has 0 spiro atoms. The van der Waals surface area contributed by atoms with Crippen molar-refractivity contribution in [1.82, 2.24) is 9.29 Å². The second-order valence-corrected chi connectivity index (χ2v) is 9.16. The van der Waals surface area contributed by atoms with Crippen molar-refractivity contribution in [2.75, 3.05) is 12.8 Å². The van der Waals surface area contributed by atoms with E-state index in [-0.39, 0.29) is 21.8 Å². The molecule has 158 valence electrons. The van der Waals surface area contributed by atoms with Gasteiger partial charge in [-0.15, -0.1) is 0 Å². The summed E-state index contributed by atoms with van der Waals surface area (Å²) in [5, 5.41) is 9.19. The van der Waals surface area contributed by atoms with Crippen molar-refractivity contribution in [3.63, 3.8) is 0 Å². The Bertz CT molecular complexity index is 1140. The van der Waals surface area contributed by atoms with Gasteiger partial charge in [0, 0.05) is 17.3 Å². The summed E-state index contributed by atoms with van der Waals surface area (Å²) in [6, 6.07) is 7.41. The zero-order valence-corrected chi connectivity index (χ0v) is 17.5. The third-order valence-corrected chi connectivity index (χ3v) is 6.80. The number of nitrogens with one attached hydrogen (secondary N) is 1. The van der Waals surface area contributed by atoms with E-state index in [9.17, 15) is 23.3 Å². The van der Waals surface area contributed by atoms with Crippen molar-refractivity contribution in [1.29, 1.82) is 5.26 Å². The van der Waals surface area contributed by atoms with Crippen LogP contribution in [0.15, 0.2) is 35.4 Å². The number of anilines is 1. The number of ether oxygens (including phenoxy) is 1. The predicted octanol–water partition coefficient (Wildman–Crippen LogP) is 2.10. The van der Waals surface area contributed by atoms with Gasteiger partial charge in [0.25, 0.3) is 10.0 Å². The highest BCUT2D eigenvalue weighted by Crippen LogP contribution is 2.38. The Morgan fingerprint density at radius 3 is 2.37 bits per heavy atom. The zero-order valence-electron chi connectivity index (χ0n) is 16.6. The number of esters is 1. The Hall–Kier alpha value is -3.32. The minimum Gasteiger partial charge on any atom is -0.464 e. The average molecular weight is 430 g/mol. The van der Waals surface area contributed by atoms with Gasteiger partial charge in [-0.2, -0.15) is 5.26 Å². The summed E-state index contributed by atoms with van der Waals surface area (Å²) in [5.41, 5.74) is 5.61. The van der Waals surface area contributed by atoms with Gasteiger partial charge in [-0.25, -0.2) is 17.9 Å². The van der Waals surface area contributed by atoms with E-state index in [0.717, 1.165) is 12.8 Å². The molecule has 0 aliphatic heterocycles. The number of amides is 1. The Morgan fingerprint density at radius 2 is 1.83 bits per heavy atom. The molecule has 1 fully saturated rings. The highest BCUT2D eigenvalue weighted by atomic mass is 32.2. The molecule has 1 aliphatic rings. The van der Waals surface area contributed by atoms with Crippen LogP contribution in [0.1, 0.15) is 48.7 Å². The standard InChI is InChI=1S/C20H22N4O5S/c1-20(9-3-4-10-20)19(26)23-30(27,28)15-7-5-14(6-8-15)24-12-13(11-21)16(22)17(24)18(25)29-2/h5-8,12H,3-4,9-10,22H2,1-2H3,(H,23,26). The number of hydrogen-bond donors (Lipinski definition) is 2. The first-order chi connectivity index (χ1) is 14.1. The fourth-order valence-electron chi connectivity index (χ4n) is 3.59. The van der Waals surface area contributed by atoms with Crippen LogP contribution in [0.5, 0.6) is 0 Å². The van der Waals surface area contributed by atoms with E-state index < -0.39 is 27.3 Å². The van der Waals surface area contributed by atoms with Gasteiger partial charge in [0.2, 0.25) is 5.91 Å². The molecular weight excluding hydrogens is 408 g/mol. The van der Waals surface area contributed by atoms with Gasteiger partial charge < -0.3 is 15.0 Å². The van der Waals surface area contributed by atoms with Crippen LogP contribution in [-0.2, 0) is 19.6 Å². The van der Waals surface area contributed by atoms with Crippen LogP contribution in [0.2, 0.25) is 0 Å². The molecule has 1 aromatic carbocycles. The molecule has 1 aliphatic carbocycles. The summed E-state index contributed by atoms with van der Waals surface area (Å²) in [7, 11) is -2.86. The van der Waals surface area contributed by atoms with Crippen LogP contribution in [0, 0.1) is 16.7 Å². The summed E-state index contributed by atoms with van der Waals surface area (Å²) >= 11 is 0. The summed E-state index contributed by atoms with van der Waals surface area (Å²) in [4.78, 5) is 24.5. The van der Waals surface area contributed by atoms with Gasteiger partial charge in [0.05, 0.1) is 23.3 Å². The number of carbonyl (C=O) groups excluding carboxylic acids is 2. The second-order valence-electron chi connectivity index (χ2n) is 7.47. The van der Waals surface area contributed by atoms with E-state index >= 15 is 0 Å². The van der Waals surface area contributed by atoms with Gasteiger partial charge in [0.1, 0.15) is 6.07 Å². The van der Waals surface area contributed by atoms with E-state index in [1.54, 1.807) is 6.92 Å². The lowest BCUT2D eigenvalue weighted by Gasteiger charge is -2.22. The van der Waals surface area contributed by atoms with Crippen molar-refractivity contribution in [2.24, 2.45) is 5.41 Å². The lowest BCUT2D eigenvalue weighted by Crippen LogP contribution is -2.40. The van der Waals surface area contributed by atoms with Crippen LogP contribution >= 0.6 is 0 Å². The average Bonchev–Trinajstić information content (AvgIpc) is 3.31. The van der Waals surface area contributed by atoms with Crippen LogP contribution in [0.3, 0.4) is 0 Å². The number of hydrogen-bond acceptors (Lipinski definition) is 7. The maximum Gasteiger partial charge on any atom is 0.357 e. The molecule has 10 heteroatoms. The van der Waals surface area contributed by atoms with Crippen molar-refractivity contribution >= 4 is 27.6 Å². The number of nitrogen functional groups attached to an aromatic ring is 1. The zero-order chi connectivity index (χ0) is 22.1. The first-order valence-electron chi connectivity index (χ1n) is 9.30. The van der Waals surface area contributed by atoms with E-state index in [1.165, 1.54) is 42.1 Å². The first-order valence-corrected chi connectivity index (χ1v) is 10.8. The number of carbonyl (C=O) groups is 2. The van der Waals surface area contributed by atoms with Gasteiger partial charge >= 0.3 is 5.97 Å². The second kappa shape index (κ2) is 7.84. The third-order valence-electron chi connectivity index (χ3n) is 5.45. The minimum atomic E-state index is -4.05. The number of benzene rings is 1. The number of aromatic nitrogens is 1. The molecule has 1 heterocycles. The van der Waals surface area contributed by atoms with Gasteiger partial charge in [0.15, 0.2) is 5.69 Å². The van der Waals surface area contributed by atoms with E-state index in [4.69, 9.17) is 10.5 Å². The molecule has 3 N–H and O–H groups in total. The maximum absolute atomic E-state index is 12.6. The highest BCUT2D eigenvalue weighted by molar-refractivity contribution is 7.90. The SMILES string of the molecule is COC(=O)c1c(N)c(C#N)cn1-c1ccc(S(=O)(=O)NC(=O)C2(C)CCCC2)cc1. The van der Waals surface area contributed by atoms with Crippen molar-refractivity contribution < 1.29 is 22.7 Å². The van der Waals surface area contributed by atoms with Crippen LogP contribution in [0.4, 0.5) is 5.69 Å². The number of sulfonamides is 1. The fourth-order valence-corrected chi connectivity index (χ4v) is 4.69. The van der Waals surface area contributed by atoms with Crippen molar-refractivity contribution in [3.8, 4) is 11.8 Å². The van der Waals surface area contributed by atoms with Gasteiger partial charge in [-0.05, 0) is 37.1 Å². The molecule has 2 aromatic rings. The maximum atomic E-state index is 12.6. The first kappa shape index (κ1) is 21.4. The predicted molar refractivity (Wildman–Crippen MR) is 108 cm³/mol. The molecule has 0 radical (unpaired) electrons. The molecule has 9 nitrogen and oxygen atoms in total. The molecule has 30 heavy (non-hydrogen) atoms. The van der Waals surface area contributed by atoms with E-state index in [2.05, 4.69) is 4.72 Å². The molecule has 1 saturated carbocycles. The molecule has 1 amide bonds. The molecule has 0 atom stereocenters. The summed E-state index contributed by atoms with van der Waals surface area (Å²) in [5.74, 6) is -1.24. The van der Waals surface area contributed by atoms with Crippen LogP contribution in [0.25, 0.3) is 5.69 Å². The fraction of sp³-hybridized carbons (Fsp3) is 0.350. The smallest absolute Gasteiger partial charge is 0.357 e. The number of nitrogens with two attached hydrogens (primary N) is 1. The quantitative estimate of drug-likeness (QED) is 0.691. The Labute approximate surface area is 174 Å². The summed E-state index contributed by atoms with van der Waals surface area (Å²) < 4.78 is 33.5. The van der Waals surface area contributed by atoms with Gasteiger partial charge in [-0.3, -0.25) is 4.79 Å². The number of nitriles is 1. The topological polar surface area (TPSA) is 144 Å². The lowest BCUT2D eigenvalue weighted by molar-refractivity contribution is -0.127. The van der Waals surface area contributed by atoms with Crippen molar-refractivity contribution in [2.45, 2.75) is 37.5 Å². The molecule has 1 aromatic heterocycles. The number of rotatable bonds is 5. The molecule has 0 bridgehead atoms. The Morgan fingerprint density at radius 1 is 1.23 bits per heavy atom. The lowest BCUT2D eigenvalue weighted by atomic mass is 9.88. The largest absolute Gasteiger partial charge is 0.464 e. The highest BCUT2D eigenvalue weighted by Gasteiger charge is 2.38. The normalized spacial score (nSPS) is 15.4. The van der Waals surface area contributed by atoms with Crippen LogP contribution < -0.4 is 10.5 Å². The molecule has 0 saturated heterocycles. The number of nitrogens with zero attached hydrogens (tertiary/aromatic N) is 2. The molecule has 0 unspecified atom stereocenters.